The number of nitrogens with one attached hydrogen (secondary N) is 2. The van der Waals surface area contributed by atoms with Gasteiger partial charge in [0.05, 0.1) is 12.7 Å². The predicted molar refractivity (Wildman–Crippen MR) is 209 cm³/mol. The Balaban J connectivity index is 0.000000210. The first kappa shape index (κ1) is 40.2. The Kier molecular flexibility index (Phi) is 13.6. The second-order valence-corrected chi connectivity index (χ2v) is 14.6. The van der Waals surface area contributed by atoms with Gasteiger partial charge in [-0.1, -0.05) is 59.0 Å². The van der Waals surface area contributed by atoms with E-state index in [2.05, 4.69) is 39.1 Å². The van der Waals surface area contributed by atoms with Gasteiger partial charge in [-0.05, 0) is 111 Å². The number of amides is 2. The summed E-state index contributed by atoms with van der Waals surface area (Å²) in [5.41, 5.74) is 0.696. The SMILES string of the molecule is COC(=O)c1ccc(C(=O)N[C@H]2CCC[C@@](O)(C#Cc3cccc(Cl)c3)C2)cc1.Cn1cccc1C(=O)N[C@H]1CCC[C@@](O)(C#Cc2cccc(Cl)c2)C1. The van der Waals surface area contributed by atoms with E-state index >= 15 is 0 Å². The maximum absolute atomic E-state index is 12.5. The molecule has 2 aliphatic rings. The van der Waals surface area contributed by atoms with E-state index in [-0.39, 0.29) is 23.9 Å². The van der Waals surface area contributed by atoms with Crippen molar-refractivity contribution < 1.29 is 29.3 Å². The topological polar surface area (TPSA) is 130 Å². The standard InChI is InChI=1S/C23H22ClNO4.C20H21ClN2O2/c1-29-22(27)18-9-7-17(8-10-18)21(26)25-20-6-3-12-23(28,15-20)13-11-16-4-2-5-19(24)14-16;1-23-12-4-8-18(23)19(24)22-17-7-3-10-20(25,14-17)11-9-15-5-2-6-16(21)13-15/h2,4-5,7-10,14,20,28H,3,6,12,15H2,1H3,(H,25,26);2,4-6,8,12-13,17,25H,3,7,10,14H2,1H3,(H,22,24)/t20-,23+;17-,20+/m00/s1. The highest BCUT2D eigenvalue weighted by atomic mass is 35.5. The zero-order valence-electron chi connectivity index (χ0n) is 30.2. The Morgan fingerprint density at radius 2 is 1.24 bits per heavy atom. The Hall–Kier alpha value is -5.03. The molecule has 280 valence electrons. The molecule has 1 heterocycles. The number of hydrogen-bond acceptors (Lipinski definition) is 6. The van der Waals surface area contributed by atoms with Gasteiger partial charge in [0.2, 0.25) is 0 Å². The molecule has 0 saturated heterocycles. The van der Waals surface area contributed by atoms with Crippen molar-refractivity contribution in [1.82, 2.24) is 15.2 Å². The first-order chi connectivity index (χ1) is 25.8. The van der Waals surface area contributed by atoms with Crippen LogP contribution in [0.15, 0.2) is 91.1 Å². The van der Waals surface area contributed by atoms with Crippen LogP contribution >= 0.6 is 23.2 Å². The van der Waals surface area contributed by atoms with Gasteiger partial charge in [0.1, 0.15) is 16.9 Å². The van der Waals surface area contributed by atoms with E-state index in [4.69, 9.17) is 23.2 Å². The van der Waals surface area contributed by atoms with Crippen molar-refractivity contribution in [2.45, 2.75) is 74.7 Å². The zero-order chi connectivity index (χ0) is 38.7. The van der Waals surface area contributed by atoms with Crippen molar-refractivity contribution in [3.8, 4) is 23.7 Å². The highest BCUT2D eigenvalue weighted by molar-refractivity contribution is 6.31. The van der Waals surface area contributed by atoms with Crippen LogP contribution in [0.25, 0.3) is 0 Å². The number of aromatic nitrogens is 1. The first-order valence-corrected chi connectivity index (χ1v) is 18.5. The van der Waals surface area contributed by atoms with Crippen molar-refractivity contribution in [1.29, 1.82) is 0 Å². The van der Waals surface area contributed by atoms with Gasteiger partial charge in [-0.25, -0.2) is 4.79 Å². The number of rotatable bonds is 5. The third-order valence-electron chi connectivity index (χ3n) is 9.40. The summed E-state index contributed by atoms with van der Waals surface area (Å²) in [4.78, 5) is 36.4. The van der Waals surface area contributed by atoms with E-state index in [0.717, 1.165) is 36.8 Å². The van der Waals surface area contributed by atoms with E-state index in [9.17, 15) is 24.6 Å². The molecule has 4 aromatic rings. The van der Waals surface area contributed by atoms with Gasteiger partial charge in [0.15, 0.2) is 0 Å². The van der Waals surface area contributed by atoms with Crippen molar-refractivity contribution >= 4 is 41.0 Å². The van der Waals surface area contributed by atoms with Gasteiger partial charge in [-0.3, -0.25) is 9.59 Å². The fraction of sp³-hybridized carbons (Fsp3) is 0.326. The van der Waals surface area contributed by atoms with Crippen LogP contribution in [0.3, 0.4) is 0 Å². The highest BCUT2D eigenvalue weighted by Gasteiger charge is 2.35. The molecule has 54 heavy (non-hydrogen) atoms. The van der Waals surface area contributed by atoms with E-state index in [1.807, 2.05) is 43.6 Å². The van der Waals surface area contributed by atoms with Gasteiger partial charge in [0.25, 0.3) is 11.8 Å². The number of benzene rings is 3. The molecule has 0 bridgehead atoms. The lowest BCUT2D eigenvalue weighted by Crippen LogP contribution is -2.45. The number of halogens is 2. The molecule has 2 aliphatic carbocycles. The molecule has 0 spiro atoms. The van der Waals surface area contributed by atoms with Gasteiger partial charge >= 0.3 is 5.97 Å². The van der Waals surface area contributed by atoms with Crippen molar-refractivity contribution in [2.75, 3.05) is 7.11 Å². The minimum atomic E-state index is -1.16. The molecule has 2 fully saturated rings. The summed E-state index contributed by atoms with van der Waals surface area (Å²) in [5, 5.41) is 28.9. The smallest absolute Gasteiger partial charge is 0.337 e. The summed E-state index contributed by atoms with van der Waals surface area (Å²) < 4.78 is 6.44. The summed E-state index contributed by atoms with van der Waals surface area (Å²) in [7, 11) is 3.14. The average Bonchev–Trinajstić information content (AvgIpc) is 3.59. The quantitative estimate of drug-likeness (QED) is 0.132. The first-order valence-electron chi connectivity index (χ1n) is 17.8. The molecule has 2 amide bonds. The van der Waals surface area contributed by atoms with E-state index in [1.165, 1.54) is 7.11 Å². The second-order valence-electron chi connectivity index (χ2n) is 13.7. The molecule has 3 aromatic carbocycles. The average molecular weight is 769 g/mol. The summed E-state index contributed by atoms with van der Waals surface area (Å²) in [6.07, 6.45) is 6.97. The number of methoxy groups -OCH3 is 1. The lowest BCUT2D eigenvalue weighted by atomic mass is 9.82. The van der Waals surface area contributed by atoms with Crippen LogP contribution in [0.1, 0.15) is 93.7 Å². The molecule has 0 unspecified atom stereocenters. The normalized spacial score (nSPS) is 21.7. The zero-order valence-corrected chi connectivity index (χ0v) is 31.7. The number of aryl methyl sites for hydroxylation is 1. The monoisotopic (exact) mass is 767 g/mol. The molecule has 2 saturated carbocycles. The molecule has 1 aromatic heterocycles. The summed E-state index contributed by atoms with van der Waals surface area (Å²) in [6.45, 7) is 0. The maximum Gasteiger partial charge on any atom is 0.337 e. The van der Waals surface area contributed by atoms with E-state index < -0.39 is 17.2 Å². The van der Waals surface area contributed by atoms with Crippen molar-refractivity contribution in [3.63, 3.8) is 0 Å². The number of hydrogen-bond donors (Lipinski definition) is 4. The Morgan fingerprint density at radius 3 is 1.70 bits per heavy atom. The van der Waals surface area contributed by atoms with Gasteiger partial charge in [-0.15, -0.1) is 0 Å². The van der Waals surface area contributed by atoms with Crippen LogP contribution in [0, 0.1) is 23.7 Å². The highest BCUT2D eigenvalue weighted by Crippen LogP contribution is 2.29. The molecule has 4 N–H and O–H groups in total. The van der Waals surface area contributed by atoms with Crippen molar-refractivity contribution in [2.24, 2.45) is 7.05 Å². The van der Waals surface area contributed by atoms with Gasteiger partial charge in [0, 0.05) is 64.9 Å². The van der Waals surface area contributed by atoms with Crippen LogP contribution in [0.4, 0.5) is 0 Å². The molecule has 4 atom stereocenters. The molecule has 11 heteroatoms. The minimum absolute atomic E-state index is 0.0881. The number of aliphatic hydroxyl groups is 2. The molecule has 0 radical (unpaired) electrons. The maximum atomic E-state index is 12.5. The third kappa shape index (κ3) is 11.5. The number of carbonyl (C=O) groups is 3. The Morgan fingerprint density at radius 1 is 0.741 bits per heavy atom. The van der Waals surface area contributed by atoms with Crippen LogP contribution in [0.2, 0.25) is 10.0 Å². The molecular formula is C43H43Cl2N3O6. The predicted octanol–water partition coefficient (Wildman–Crippen LogP) is 6.72. The lowest BCUT2D eigenvalue weighted by Gasteiger charge is -2.33. The van der Waals surface area contributed by atoms with Crippen molar-refractivity contribution in [3.05, 3.63) is 129 Å². The summed E-state index contributed by atoms with van der Waals surface area (Å²) in [5.74, 6) is 11.1. The van der Waals surface area contributed by atoms with Gasteiger partial charge in [-0.2, -0.15) is 0 Å². The Labute approximate surface area is 326 Å². The van der Waals surface area contributed by atoms with E-state index in [1.54, 1.807) is 59.2 Å². The van der Waals surface area contributed by atoms with Crippen LogP contribution in [0.5, 0.6) is 0 Å². The Bertz CT molecular complexity index is 2090. The summed E-state index contributed by atoms with van der Waals surface area (Å²) >= 11 is 11.9. The number of carbonyl (C=O) groups excluding carboxylic acids is 3. The summed E-state index contributed by atoms with van der Waals surface area (Å²) in [6, 6.07) is 24.0. The van der Waals surface area contributed by atoms with E-state index in [0.29, 0.717) is 52.5 Å². The largest absolute Gasteiger partial charge is 0.465 e. The lowest BCUT2D eigenvalue weighted by molar-refractivity contribution is 0.0443. The van der Waals surface area contributed by atoms with Crippen LogP contribution < -0.4 is 10.6 Å². The fourth-order valence-electron chi connectivity index (χ4n) is 6.59. The second kappa shape index (κ2) is 18.3. The number of ether oxygens (including phenoxy) is 1. The molecule has 6 rings (SSSR count). The third-order valence-corrected chi connectivity index (χ3v) is 9.87. The molecule has 0 aliphatic heterocycles. The molecule has 9 nitrogen and oxygen atoms in total. The minimum Gasteiger partial charge on any atom is -0.465 e. The van der Waals surface area contributed by atoms with Crippen LogP contribution in [-0.2, 0) is 11.8 Å². The number of nitrogens with zero attached hydrogens (tertiary/aromatic N) is 1. The van der Waals surface area contributed by atoms with Crippen LogP contribution in [-0.4, -0.2) is 63.0 Å². The fourth-order valence-corrected chi connectivity index (χ4v) is 6.97. The molecular weight excluding hydrogens is 725 g/mol. The van der Waals surface area contributed by atoms with Gasteiger partial charge < -0.3 is 30.2 Å². The number of esters is 1.